The van der Waals surface area contributed by atoms with E-state index in [1.165, 1.54) is 11.1 Å². The number of aromatic nitrogens is 1. The number of anilines is 1. The molecular weight excluding hydrogens is 200 g/mol. The largest absolute Gasteiger partial charge is 0.476 e. The Balaban J connectivity index is 0.000000606. The number of hydrogen-bond acceptors (Lipinski definition) is 3. The average molecular weight is 222 g/mol. The molecule has 0 radical (unpaired) electrons. The smallest absolute Gasteiger partial charge is 0.237 e. The third-order valence-electron chi connectivity index (χ3n) is 2.65. The monoisotopic (exact) mass is 222 g/mol. The van der Waals surface area contributed by atoms with Crippen molar-refractivity contribution in [3.05, 3.63) is 17.3 Å². The standard InChI is InChI=1S/C11H16N2O.C2H6/c1-3-9-7-13-11-10(8(9)2)12-5-4-6-14-11;1-2/h7,12H,3-6H2,1-2H3;1-2H3. The summed E-state index contributed by atoms with van der Waals surface area (Å²) in [5.74, 6) is 0.761. The van der Waals surface area contributed by atoms with Gasteiger partial charge in [-0.25, -0.2) is 4.98 Å². The van der Waals surface area contributed by atoms with Gasteiger partial charge in [0.1, 0.15) is 5.69 Å². The molecule has 3 heteroatoms. The van der Waals surface area contributed by atoms with E-state index >= 15 is 0 Å². The van der Waals surface area contributed by atoms with Gasteiger partial charge < -0.3 is 10.1 Å². The number of hydrogen-bond donors (Lipinski definition) is 1. The van der Waals surface area contributed by atoms with Crippen LogP contribution in [0.15, 0.2) is 6.20 Å². The van der Waals surface area contributed by atoms with Gasteiger partial charge in [-0.2, -0.15) is 0 Å². The normalized spacial score (nSPS) is 13.5. The van der Waals surface area contributed by atoms with Gasteiger partial charge in [-0.1, -0.05) is 20.8 Å². The predicted molar refractivity (Wildman–Crippen MR) is 68.3 cm³/mol. The lowest BCUT2D eigenvalue weighted by Crippen LogP contribution is -2.03. The van der Waals surface area contributed by atoms with Crippen LogP contribution in [-0.2, 0) is 6.42 Å². The number of nitrogens with zero attached hydrogens (tertiary/aromatic N) is 1. The van der Waals surface area contributed by atoms with Gasteiger partial charge >= 0.3 is 0 Å². The highest BCUT2D eigenvalue weighted by Gasteiger charge is 2.13. The first-order chi connectivity index (χ1) is 7.83. The van der Waals surface area contributed by atoms with Gasteiger partial charge in [-0.05, 0) is 30.9 Å². The molecule has 0 aliphatic carbocycles. The van der Waals surface area contributed by atoms with Crippen molar-refractivity contribution in [1.29, 1.82) is 0 Å². The molecule has 0 unspecified atom stereocenters. The second-order valence-corrected chi connectivity index (χ2v) is 3.57. The van der Waals surface area contributed by atoms with E-state index in [0.29, 0.717) is 0 Å². The van der Waals surface area contributed by atoms with E-state index in [-0.39, 0.29) is 0 Å². The average Bonchev–Trinajstić information content (AvgIpc) is 2.58. The van der Waals surface area contributed by atoms with Crippen LogP contribution in [0.2, 0.25) is 0 Å². The highest BCUT2D eigenvalue weighted by atomic mass is 16.5. The van der Waals surface area contributed by atoms with E-state index in [4.69, 9.17) is 4.74 Å². The molecule has 1 N–H and O–H groups in total. The van der Waals surface area contributed by atoms with Gasteiger partial charge in [-0.15, -0.1) is 0 Å². The molecular formula is C13H22N2O. The van der Waals surface area contributed by atoms with E-state index in [9.17, 15) is 0 Å². The molecule has 1 aliphatic rings. The molecule has 0 atom stereocenters. The second-order valence-electron chi connectivity index (χ2n) is 3.57. The maximum Gasteiger partial charge on any atom is 0.237 e. The van der Waals surface area contributed by atoms with Crippen LogP contribution < -0.4 is 10.1 Å². The lowest BCUT2D eigenvalue weighted by Gasteiger charge is -2.12. The predicted octanol–water partition coefficient (Wildman–Crippen LogP) is 3.17. The zero-order valence-corrected chi connectivity index (χ0v) is 10.8. The van der Waals surface area contributed by atoms with Crippen LogP contribution in [0.5, 0.6) is 5.88 Å². The first-order valence-corrected chi connectivity index (χ1v) is 6.18. The summed E-state index contributed by atoms with van der Waals surface area (Å²) in [5, 5.41) is 3.38. The van der Waals surface area contributed by atoms with Gasteiger partial charge in [0.25, 0.3) is 0 Å². The molecule has 0 amide bonds. The van der Waals surface area contributed by atoms with Crippen molar-refractivity contribution in [2.24, 2.45) is 0 Å². The fourth-order valence-corrected chi connectivity index (χ4v) is 1.75. The molecule has 1 aliphatic heterocycles. The molecule has 90 valence electrons. The lowest BCUT2D eigenvalue weighted by molar-refractivity contribution is 0.311. The Kier molecular flexibility index (Phi) is 5.09. The molecule has 0 saturated heterocycles. The van der Waals surface area contributed by atoms with E-state index in [1.807, 2.05) is 20.0 Å². The quantitative estimate of drug-likeness (QED) is 0.792. The van der Waals surface area contributed by atoms with Crippen LogP contribution in [0.1, 0.15) is 38.3 Å². The molecule has 0 bridgehead atoms. The van der Waals surface area contributed by atoms with Crippen molar-refractivity contribution in [3.63, 3.8) is 0 Å². The van der Waals surface area contributed by atoms with Gasteiger partial charge in [0.2, 0.25) is 5.88 Å². The summed E-state index contributed by atoms with van der Waals surface area (Å²) in [5.41, 5.74) is 3.66. The van der Waals surface area contributed by atoms with Crippen LogP contribution in [0, 0.1) is 6.92 Å². The number of fused-ring (bicyclic) bond motifs is 1. The minimum Gasteiger partial charge on any atom is -0.476 e. The Morgan fingerprint density at radius 3 is 2.88 bits per heavy atom. The summed E-state index contributed by atoms with van der Waals surface area (Å²) >= 11 is 0. The van der Waals surface area contributed by atoms with Gasteiger partial charge in [0.15, 0.2) is 0 Å². The summed E-state index contributed by atoms with van der Waals surface area (Å²) in [6, 6.07) is 0. The Hall–Kier alpha value is -1.25. The van der Waals surface area contributed by atoms with Crippen LogP contribution in [0.4, 0.5) is 5.69 Å². The van der Waals surface area contributed by atoms with Crippen LogP contribution in [-0.4, -0.2) is 18.1 Å². The van der Waals surface area contributed by atoms with Crippen molar-refractivity contribution in [2.75, 3.05) is 18.5 Å². The summed E-state index contributed by atoms with van der Waals surface area (Å²) < 4.78 is 5.56. The lowest BCUT2D eigenvalue weighted by atomic mass is 10.1. The highest BCUT2D eigenvalue weighted by molar-refractivity contribution is 5.61. The minimum absolute atomic E-state index is 0.761. The minimum atomic E-state index is 0.761. The number of pyridine rings is 1. The third-order valence-corrected chi connectivity index (χ3v) is 2.65. The van der Waals surface area contributed by atoms with E-state index in [0.717, 1.165) is 37.6 Å². The number of aryl methyl sites for hydroxylation is 1. The highest BCUT2D eigenvalue weighted by Crippen LogP contribution is 2.29. The van der Waals surface area contributed by atoms with Crippen molar-refractivity contribution in [3.8, 4) is 5.88 Å². The first kappa shape index (κ1) is 12.8. The molecule has 16 heavy (non-hydrogen) atoms. The second kappa shape index (κ2) is 6.36. The zero-order valence-electron chi connectivity index (χ0n) is 10.8. The maximum absolute atomic E-state index is 5.56. The molecule has 0 aromatic carbocycles. The molecule has 2 rings (SSSR count). The molecule has 2 heterocycles. The van der Waals surface area contributed by atoms with Crippen LogP contribution in [0.25, 0.3) is 0 Å². The van der Waals surface area contributed by atoms with Crippen molar-refractivity contribution < 1.29 is 4.74 Å². The Morgan fingerprint density at radius 2 is 2.19 bits per heavy atom. The fourth-order valence-electron chi connectivity index (χ4n) is 1.75. The Bertz CT molecular complexity index is 337. The topological polar surface area (TPSA) is 34.2 Å². The van der Waals surface area contributed by atoms with Crippen molar-refractivity contribution >= 4 is 5.69 Å². The Morgan fingerprint density at radius 1 is 1.44 bits per heavy atom. The first-order valence-electron chi connectivity index (χ1n) is 6.18. The van der Waals surface area contributed by atoms with Gasteiger partial charge in [-0.3, -0.25) is 0 Å². The van der Waals surface area contributed by atoms with Gasteiger partial charge in [0.05, 0.1) is 6.61 Å². The van der Waals surface area contributed by atoms with Crippen molar-refractivity contribution in [1.82, 2.24) is 4.98 Å². The molecule has 3 nitrogen and oxygen atoms in total. The number of rotatable bonds is 1. The summed E-state index contributed by atoms with van der Waals surface area (Å²) in [7, 11) is 0. The van der Waals surface area contributed by atoms with Crippen LogP contribution >= 0.6 is 0 Å². The van der Waals surface area contributed by atoms with E-state index in [1.54, 1.807) is 0 Å². The zero-order chi connectivity index (χ0) is 12.0. The van der Waals surface area contributed by atoms with Crippen LogP contribution in [0.3, 0.4) is 0 Å². The summed E-state index contributed by atoms with van der Waals surface area (Å²) in [6.07, 6.45) is 3.98. The van der Waals surface area contributed by atoms with Gasteiger partial charge in [0, 0.05) is 12.7 Å². The molecule has 0 spiro atoms. The fraction of sp³-hybridized carbons (Fsp3) is 0.615. The number of nitrogens with one attached hydrogen (secondary N) is 1. The summed E-state index contributed by atoms with van der Waals surface area (Å²) in [4.78, 5) is 4.33. The van der Waals surface area contributed by atoms with E-state index < -0.39 is 0 Å². The SMILES string of the molecule is CC.CCc1cnc2c(c1C)NCCCO2. The molecule has 1 aromatic heterocycles. The van der Waals surface area contributed by atoms with E-state index in [2.05, 4.69) is 24.1 Å². The number of ether oxygens (including phenoxy) is 1. The molecule has 1 aromatic rings. The maximum atomic E-state index is 5.56. The summed E-state index contributed by atoms with van der Waals surface area (Å²) in [6.45, 7) is 10.0. The third kappa shape index (κ3) is 2.65. The molecule has 0 fully saturated rings. The molecule has 0 saturated carbocycles. The van der Waals surface area contributed by atoms with Crippen molar-refractivity contribution in [2.45, 2.75) is 40.5 Å². The Labute approximate surface area is 98.2 Å².